The number of nitrogens with zero attached hydrogens (tertiary/aromatic N) is 1. The average molecular weight is 210 g/mol. The Morgan fingerprint density at radius 2 is 1.93 bits per heavy atom. The van der Waals surface area contributed by atoms with Gasteiger partial charge in [0, 0.05) is 5.56 Å². The monoisotopic (exact) mass is 210 g/mol. The van der Waals surface area contributed by atoms with Gasteiger partial charge in [-0.15, -0.1) is 0 Å². The van der Waals surface area contributed by atoms with Crippen molar-refractivity contribution in [2.45, 2.75) is 0 Å². The number of benzene rings is 1. The molecule has 15 heavy (non-hydrogen) atoms. The molecule has 2 aromatic rings. The summed E-state index contributed by atoms with van der Waals surface area (Å²) >= 11 is 0. The van der Waals surface area contributed by atoms with Crippen LogP contribution < -0.4 is 11.5 Å². The largest absolute Gasteiger partial charge is 0.396 e. The van der Waals surface area contributed by atoms with E-state index in [-0.39, 0.29) is 11.5 Å². The maximum Gasteiger partial charge on any atom is 0.181 e. The topological polar surface area (TPSA) is 80.7 Å². The lowest BCUT2D eigenvalue weighted by Crippen LogP contribution is -1.96. The number of aromatic nitrogens is 2. The molecule has 4 nitrogen and oxygen atoms in total. The van der Waals surface area contributed by atoms with Crippen molar-refractivity contribution in [2.24, 2.45) is 0 Å². The summed E-state index contributed by atoms with van der Waals surface area (Å²) in [5.74, 6) is -1.79. The number of anilines is 2. The number of nitrogens with two attached hydrogens (primary N) is 2. The highest BCUT2D eigenvalue weighted by atomic mass is 19.2. The second kappa shape index (κ2) is 3.23. The summed E-state index contributed by atoms with van der Waals surface area (Å²) in [6.07, 6.45) is 1.42. The normalized spacial score (nSPS) is 10.5. The standard InChI is InChI=1S/C9H8F2N4/c10-6-1-4(2-7(12)8(6)11)5-3-14-15-9(5)13/h1-3H,12H2,(H3,13,14,15). The van der Waals surface area contributed by atoms with E-state index in [1.165, 1.54) is 12.3 Å². The van der Waals surface area contributed by atoms with Crippen molar-refractivity contribution in [1.29, 1.82) is 0 Å². The summed E-state index contributed by atoms with van der Waals surface area (Å²) < 4.78 is 25.9. The molecule has 0 aliphatic carbocycles. The Hall–Kier alpha value is -2.11. The van der Waals surface area contributed by atoms with Gasteiger partial charge >= 0.3 is 0 Å². The zero-order valence-corrected chi connectivity index (χ0v) is 7.59. The zero-order chi connectivity index (χ0) is 11.0. The van der Waals surface area contributed by atoms with Gasteiger partial charge in [0.05, 0.1) is 11.9 Å². The van der Waals surface area contributed by atoms with Crippen LogP contribution in [0.4, 0.5) is 20.3 Å². The van der Waals surface area contributed by atoms with E-state index >= 15 is 0 Å². The molecule has 0 saturated carbocycles. The smallest absolute Gasteiger partial charge is 0.181 e. The fourth-order valence-corrected chi connectivity index (χ4v) is 1.29. The molecule has 1 aromatic heterocycles. The molecule has 0 unspecified atom stereocenters. The predicted molar refractivity (Wildman–Crippen MR) is 52.8 cm³/mol. The molecule has 0 radical (unpaired) electrons. The molecule has 0 amide bonds. The van der Waals surface area contributed by atoms with Crippen molar-refractivity contribution < 1.29 is 8.78 Å². The summed E-state index contributed by atoms with van der Waals surface area (Å²) in [4.78, 5) is 0. The molecule has 0 aliphatic heterocycles. The Bertz CT molecular complexity index is 484. The predicted octanol–water partition coefficient (Wildman–Crippen LogP) is 1.52. The summed E-state index contributed by atoms with van der Waals surface area (Å²) in [6.45, 7) is 0. The van der Waals surface area contributed by atoms with E-state index in [1.54, 1.807) is 0 Å². The van der Waals surface area contributed by atoms with Gasteiger partial charge in [-0.3, -0.25) is 5.10 Å². The first kappa shape index (κ1) is 9.45. The minimum Gasteiger partial charge on any atom is -0.396 e. The minimum atomic E-state index is -1.05. The lowest BCUT2D eigenvalue weighted by molar-refractivity contribution is 0.512. The molecule has 1 heterocycles. The molecule has 0 bridgehead atoms. The first-order valence-electron chi connectivity index (χ1n) is 4.13. The van der Waals surface area contributed by atoms with Crippen LogP contribution in [0.25, 0.3) is 11.1 Å². The highest BCUT2D eigenvalue weighted by Gasteiger charge is 2.11. The van der Waals surface area contributed by atoms with Gasteiger partial charge < -0.3 is 11.5 Å². The third-order valence-electron chi connectivity index (χ3n) is 2.04. The van der Waals surface area contributed by atoms with Crippen LogP contribution in [-0.2, 0) is 0 Å². The Morgan fingerprint density at radius 3 is 2.47 bits per heavy atom. The number of halogens is 2. The molecule has 0 aliphatic rings. The molecular formula is C9H8F2N4. The van der Waals surface area contributed by atoms with Gasteiger partial charge in [0.2, 0.25) is 0 Å². The molecule has 0 fully saturated rings. The fraction of sp³-hybridized carbons (Fsp3) is 0. The highest BCUT2D eigenvalue weighted by molar-refractivity contribution is 5.75. The molecular weight excluding hydrogens is 202 g/mol. The third kappa shape index (κ3) is 1.50. The Kier molecular flexibility index (Phi) is 2.03. The van der Waals surface area contributed by atoms with E-state index in [1.807, 2.05) is 0 Å². The van der Waals surface area contributed by atoms with Crippen LogP contribution >= 0.6 is 0 Å². The van der Waals surface area contributed by atoms with E-state index in [0.717, 1.165) is 6.07 Å². The minimum absolute atomic E-state index is 0.259. The number of nitrogens with one attached hydrogen (secondary N) is 1. The number of aromatic amines is 1. The molecule has 78 valence electrons. The van der Waals surface area contributed by atoms with Gasteiger partial charge in [-0.1, -0.05) is 0 Å². The maximum atomic E-state index is 13.0. The number of nitrogen functional groups attached to an aromatic ring is 2. The number of hydrogen-bond acceptors (Lipinski definition) is 3. The average Bonchev–Trinajstić information content (AvgIpc) is 2.60. The summed E-state index contributed by atoms with van der Waals surface area (Å²) in [6, 6.07) is 2.33. The van der Waals surface area contributed by atoms with Crippen molar-refractivity contribution >= 4 is 11.5 Å². The van der Waals surface area contributed by atoms with E-state index in [9.17, 15) is 8.78 Å². The van der Waals surface area contributed by atoms with Crippen molar-refractivity contribution in [3.63, 3.8) is 0 Å². The zero-order valence-electron chi connectivity index (χ0n) is 7.59. The van der Waals surface area contributed by atoms with Crippen molar-refractivity contribution in [3.8, 4) is 11.1 Å². The molecule has 6 heteroatoms. The summed E-state index contributed by atoms with van der Waals surface area (Å²) in [7, 11) is 0. The number of hydrogen-bond donors (Lipinski definition) is 3. The van der Waals surface area contributed by atoms with Gasteiger partial charge in [0.1, 0.15) is 5.82 Å². The van der Waals surface area contributed by atoms with E-state index in [4.69, 9.17) is 11.5 Å². The summed E-state index contributed by atoms with van der Waals surface area (Å²) in [5.41, 5.74) is 11.4. The summed E-state index contributed by atoms with van der Waals surface area (Å²) in [5, 5.41) is 6.16. The molecule has 2 rings (SSSR count). The van der Waals surface area contributed by atoms with Crippen LogP contribution in [0.1, 0.15) is 0 Å². The molecule has 0 atom stereocenters. The van der Waals surface area contributed by atoms with Gasteiger partial charge in [-0.25, -0.2) is 8.78 Å². The van der Waals surface area contributed by atoms with E-state index in [0.29, 0.717) is 11.1 Å². The van der Waals surface area contributed by atoms with Crippen LogP contribution in [-0.4, -0.2) is 10.2 Å². The molecule has 0 spiro atoms. The van der Waals surface area contributed by atoms with Gasteiger partial charge in [-0.05, 0) is 17.7 Å². The quantitative estimate of drug-likeness (QED) is 0.624. The second-order valence-electron chi connectivity index (χ2n) is 3.06. The SMILES string of the molecule is Nc1cc(-c2cn[nH]c2N)cc(F)c1F. The Balaban J connectivity index is 2.60. The van der Waals surface area contributed by atoms with E-state index in [2.05, 4.69) is 10.2 Å². The first-order chi connectivity index (χ1) is 7.09. The lowest BCUT2D eigenvalue weighted by Gasteiger charge is -2.03. The third-order valence-corrected chi connectivity index (χ3v) is 2.04. The van der Waals surface area contributed by atoms with Crippen molar-refractivity contribution in [1.82, 2.24) is 10.2 Å². The van der Waals surface area contributed by atoms with Gasteiger partial charge in [0.25, 0.3) is 0 Å². The van der Waals surface area contributed by atoms with Crippen molar-refractivity contribution in [3.05, 3.63) is 30.0 Å². The van der Waals surface area contributed by atoms with Crippen LogP contribution in [0.3, 0.4) is 0 Å². The van der Waals surface area contributed by atoms with Gasteiger partial charge in [0.15, 0.2) is 11.6 Å². The van der Waals surface area contributed by atoms with Crippen LogP contribution in [0.5, 0.6) is 0 Å². The van der Waals surface area contributed by atoms with Crippen LogP contribution in [0, 0.1) is 11.6 Å². The van der Waals surface area contributed by atoms with E-state index < -0.39 is 11.6 Å². The van der Waals surface area contributed by atoms with Crippen LogP contribution in [0.2, 0.25) is 0 Å². The number of rotatable bonds is 1. The lowest BCUT2D eigenvalue weighted by atomic mass is 10.1. The molecule has 1 aromatic carbocycles. The Labute approximate surface area is 83.9 Å². The molecule has 0 saturated heterocycles. The highest BCUT2D eigenvalue weighted by Crippen LogP contribution is 2.28. The fourth-order valence-electron chi connectivity index (χ4n) is 1.29. The maximum absolute atomic E-state index is 13.0. The van der Waals surface area contributed by atoms with Gasteiger partial charge in [-0.2, -0.15) is 5.10 Å². The van der Waals surface area contributed by atoms with Crippen molar-refractivity contribution in [2.75, 3.05) is 11.5 Å². The first-order valence-corrected chi connectivity index (χ1v) is 4.13. The Morgan fingerprint density at radius 1 is 1.20 bits per heavy atom. The molecule has 5 N–H and O–H groups in total. The second-order valence-corrected chi connectivity index (χ2v) is 3.06. The number of H-pyrrole nitrogens is 1. The van der Waals surface area contributed by atoms with Crippen LogP contribution in [0.15, 0.2) is 18.3 Å².